The number of rotatable bonds is 7. The third-order valence-electron chi connectivity index (χ3n) is 2.20. The van der Waals surface area contributed by atoms with Crippen LogP contribution in [0.2, 0.25) is 0 Å². The summed E-state index contributed by atoms with van der Waals surface area (Å²) < 4.78 is 40.3. The van der Waals surface area contributed by atoms with Crippen LogP contribution in [0.15, 0.2) is 30.3 Å². The molecule has 0 amide bonds. The number of methoxy groups -OCH3 is 1. The van der Waals surface area contributed by atoms with Crippen LogP contribution in [0.25, 0.3) is 0 Å². The predicted octanol–water partition coefficient (Wildman–Crippen LogP) is 1.63. The summed E-state index contributed by atoms with van der Waals surface area (Å²) >= 11 is 0. The van der Waals surface area contributed by atoms with E-state index in [-0.39, 0.29) is 19.0 Å². The van der Waals surface area contributed by atoms with Gasteiger partial charge in [-0.05, 0) is 12.0 Å². The first-order valence-electron chi connectivity index (χ1n) is 5.13. The third-order valence-corrected chi connectivity index (χ3v) is 2.95. The van der Waals surface area contributed by atoms with Crippen molar-refractivity contribution in [1.82, 2.24) is 0 Å². The maximum Gasteiger partial charge on any atom is 0.264 e. The molecule has 0 aromatic heterocycles. The van der Waals surface area contributed by atoms with Gasteiger partial charge in [-0.3, -0.25) is 4.55 Å². The van der Waals surface area contributed by atoms with E-state index < -0.39 is 16.2 Å². The Bertz CT molecular complexity index is 415. The molecular weight excluding hydrogens is 244 g/mol. The summed E-state index contributed by atoms with van der Waals surface area (Å²) in [4.78, 5) is 0. The second-order valence-corrected chi connectivity index (χ2v) is 5.12. The highest BCUT2D eigenvalue weighted by Gasteiger charge is 2.15. The van der Waals surface area contributed by atoms with Gasteiger partial charge in [0.2, 0.25) is 0 Å². The minimum atomic E-state index is -3.97. The molecule has 0 heterocycles. The van der Waals surface area contributed by atoms with E-state index in [2.05, 4.69) is 0 Å². The minimum absolute atomic E-state index is 0.0744. The molecule has 1 aromatic carbocycles. The molecule has 1 unspecified atom stereocenters. The molecule has 0 radical (unpaired) electrons. The molecule has 0 saturated carbocycles. The first-order chi connectivity index (χ1) is 8.03. The van der Waals surface area contributed by atoms with Crippen LogP contribution >= 0.6 is 0 Å². The average Bonchev–Trinajstić information content (AvgIpc) is 2.29. The fourth-order valence-electron chi connectivity index (χ4n) is 1.42. The Balaban J connectivity index is 2.67. The van der Waals surface area contributed by atoms with E-state index in [1.165, 1.54) is 7.11 Å². The summed E-state index contributed by atoms with van der Waals surface area (Å²) in [6, 6.07) is 9.21. The van der Waals surface area contributed by atoms with Crippen molar-refractivity contribution in [1.29, 1.82) is 0 Å². The Labute approximate surface area is 101 Å². The van der Waals surface area contributed by atoms with Gasteiger partial charge in [0.05, 0.1) is 11.9 Å². The van der Waals surface area contributed by atoms with Gasteiger partial charge in [0.1, 0.15) is 6.79 Å². The van der Waals surface area contributed by atoms with Crippen molar-refractivity contribution in [2.45, 2.75) is 12.5 Å². The predicted molar refractivity (Wildman–Crippen MR) is 63.2 cm³/mol. The van der Waals surface area contributed by atoms with E-state index in [1.807, 2.05) is 30.3 Å². The highest BCUT2D eigenvalue weighted by Crippen LogP contribution is 2.21. The molecule has 6 heteroatoms. The van der Waals surface area contributed by atoms with Crippen LogP contribution in [-0.4, -0.2) is 32.6 Å². The van der Waals surface area contributed by atoms with Crippen molar-refractivity contribution in [3.8, 4) is 0 Å². The Morgan fingerprint density at radius 1 is 1.29 bits per heavy atom. The average molecular weight is 260 g/mol. The molecule has 0 fully saturated rings. The zero-order valence-electron chi connectivity index (χ0n) is 9.57. The van der Waals surface area contributed by atoms with Gasteiger partial charge in [-0.15, -0.1) is 0 Å². The van der Waals surface area contributed by atoms with Gasteiger partial charge < -0.3 is 9.47 Å². The zero-order chi connectivity index (χ0) is 12.7. The molecule has 1 atom stereocenters. The molecule has 0 aliphatic heterocycles. The van der Waals surface area contributed by atoms with E-state index in [1.54, 1.807) is 0 Å². The molecule has 1 rings (SSSR count). The molecule has 0 aliphatic rings. The lowest BCUT2D eigenvalue weighted by Crippen LogP contribution is -2.13. The molecular formula is C11H16O5S. The monoisotopic (exact) mass is 260 g/mol. The van der Waals surface area contributed by atoms with Crippen LogP contribution in [0.1, 0.15) is 18.1 Å². The van der Waals surface area contributed by atoms with Crippen LogP contribution < -0.4 is 0 Å². The SMILES string of the molecule is COCOC(CCS(=O)(=O)O)c1ccccc1. The van der Waals surface area contributed by atoms with Crippen LogP contribution in [0, 0.1) is 0 Å². The Hall–Kier alpha value is -0.950. The van der Waals surface area contributed by atoms with Crippen LogP contribution in [0.4, 0.5) is 0 Å². The summed E-state index contributed by atoms with van der Waals surface area (Å²) in [5.74, 6) is -0.337. The zero-order valence-corrected chi connectivity index (χ0v) is 10.4. The molecule has 96 valence electrons. The first kappa shape index (κ1) is 14.1. The molecule has 0 aliphatic carbocycles. The van der Waals surface area contributed by atoms with Crippen LogP contribution in [0.3, 0.4) is 0 Å². The maximum absolute atomic E-state index is 10.7. The van der Waals surface area contributed by atoms with Crippen molar-refractivity contribution in [3.05, 3.63) is 35.9 Å². The lowest BCUT2D eigenvalue weighted by atomic mass is 10.1. The molecule has 17 heavy (non-hydrogen) atoms. The van der Waals surface area contributed by atoms with E-state index >= 15 is 0 Å². The topological polar surface area (TPSA) is 72.8 Å². The van der Waals surface area contributed by atoms with Crippen LogP contribution in [0.5, 0.6) is 0 Å². The fraction of sp³-hybridized carbons (Fsp3) is 0.455. The van der Waals surface area contributed by atoms with E-state index in [4.69, 9.17) is 14.0 Å². The lowest BCUT2D eigenvalue weighted by molar-refractivity contribution is -0.0741. The van der Waals surface area contributed by atoms with Gasteiger partial charge >= 0.3 is 0 Å². The van der Waals surface area contributed by atoms with Gasteiger partial charge in [0.15, 0.2) is 0 Å². The summed E-state index contributed by atoms with van der Waals surface area (Å²) in [7, 11) is -2.48. The quantitative estimate of drug-likeness (QED) is 0.596. The van der Waals surface area contributed by atoms with Crippen molar-refractivity contribution in [3.63, 3.8) is 0 Å². The van der Waals surface area contributed by atoms with Crippen molar-refractivity contribution in [2.75, 3.05) is 19.7 Å². The second-order valence-electron chi connectivity index (χ2n) is 3.55. The molecule has 1 aromatic rings. The second kappa shape index (κ2) is 6.70. The van der Waals surface area contributed by atoms with Gasteiger partial charge in [0.25, 0.3) is 10.1 Å². The molecule has 1 N–H and O–H groups in total. The van der Waals surface area contributed by atoms with E-state index in [0.717, 1.165) is 5.56 Å². The van der Waals surface area contributed by atoms with Gasteiger partial charge in [-0.25, -0.2) is 0 Å². The van der Waals surface area contributed by atoms with Gasteiger partial charge in [-0.2, -0.15) is 8.42 Å². The Morgan fingerprint density at radius 2 is 1.94 bits per heavy atom. The van der Waals surface area contributed by atoms with E-state index in [9.17, 15) is 8.42 Å². The highest BCUT2D eigenvalue weighted by molar-refractivity contribution is 7.85. The van der Waals surface area contributed by atoms with Gasteiger partial charge in [0, 0.05) is 7.11 Å². The lowest BCUT2D eigenvalue weighted by Gasteiger charge is -2.17. The standard InChI is InChI=1S/C11H16O5S/c1-15-9-16-11(7-8-17(12,13)14)10-5-3-2-4-6-10/h2-6,11H,7-9H2,1H3,(H,12,13,14). The van der Waals surface area contributed by atoms with Crippen molar-refractivity contribution < 1.29 is 22.4 Å². The largest absolute Gasteiger partial charge is 0.359 e. The number of benzene rings is 1. The number of ether oxygens (including phenoxy) is 2. The smallest absolute Gasteiger partial charge is 0.264 e. The van der Waals surface area contributed by atoms with E-state index in [0.29, 0.717) is 0 Å². The summed E-state index contributed by atoms with van der Waals surface area (Å²) in [6.07, 6.45) is -0.218. The minimum Gasteiger partial charge on any atom is -0.359 e. The fourth-order valence-corrected chi connectivity index (χ4v) is 1.93. The van der Waals surface area contributed by atoms with Crippen LogP contribution in [-0.2, 0) is 19.6 Å². The highest BCUT2D eigenvalue weighted by atomic mass is 32.2. The number of hydrogen-bond acceptors (Lipinski definition) is 4. The maximum atomic E-state index is 10.7. The molecule has 0 spiro atoms. The summed E-state index contributed by atoms with van der Waals surface area (Å²) in [5.41, 5.74) is 0.855. The van der Waals surface area contributed by atoms with Crippen molar-refractivity contribution in [2.24, 2.45) is 0 Å². The number of hydrogen-bond donors (Lipinski definition) is 1. The third kappa shape index (κ3) is 5.78. The normalized spacial score (nSPS) is 13.5. The van der Waals surface area contributed by atoms with Gasteiger partial charge in [-0.1, -0.05) is 30.3 Å². The molecule has 5 nitrogen and oxygen atoms in total. The Morgan fingerprint density at radius 3 is 2.47 bits per heavy atom. The van der Waals surface area contributed by atoms with Crippen molar-refractivity contribution >= 4 is 10.1 Å². The molecule has 0 bridgehead atoms. The Kier molecular flexibility index (Phi) is 5.57. The molecule has 0 saturated heterocycles. The summed E-state index contributed by atoms with van der Waals surface area (Å²) in [5, 5.41) is 0. The summed E-state index contributed by atoms with van der Waals surface area (Å²) in [6.45, 7) is 0.0744. The first-order valence-corrected chi connectivity index (χ1v) is 6.74.